The average molecular weight is 364 g/mol. The first-order chi connectivity index (χ1) is 11.5. The van der Waals surface area contributed by atoms with Gasteiger partial charge >= 0.3 is 0 Å². The fourth-order valence-electron chi connectivity index (χ4n) is 2.94. The molecule has 1 saturated heterocycles. The van der Waals surface area contributed by atoms with E-state index in [0.717, 1.165) is 29.1 Å². The Balaban J connectivity index is 1.69. The van der Waals surface area contributed by atoms with Crippen molar-refractivity contribution in [3.8, 4) is 10.6 Å². The molecule has 1 aliphatic heterocycles. The molecule has 24 heavy (non-hydrogen) atoms. The van der Waals surface area contributed by atoms with Crippen LogP contribution in [0.15, 0.2) is 16.8 Å². The van der Waals surface area contributed by atoms with E-state index in [1.165, 1.54) is 11.3 Å². The molecular formula is C17H21N3O2S2. The number of likely N-dealkylation sites (tertiary alicyclic amines) is 1. The van der Waals surface area contributed by atoms with E-state index in [0.29, 0.717) is 18.0 Å². The molecule has 0 N–H and O–H groups in total. The molecular weight excluding hydrogens is 342 g/mol. The number of thiophene rings is 1. The van der Waals surface area contributed by atoms with Gasteiger partial charge in [0.15, 0.2) is 0 Å². The Morgan fingerprint density at radius 1 is 1.29 bits per heavy atom. The molecule has 3 heterocycles. The molecule has 2 aromatic rings. The van der Waals surface area contributed by atoms with E-state index in [4.69, 9.17) is 0 Å². The highest BCUT2D eigenvalue weighted by atomic mass is 32.1. The number of carbonyl (C=O) groups is 2. The molecule has 2 amide bonds. The number of nitrogens with zero attached hydrogens (tertiary/aromatic N) is 3. The maximum Gasteiger partial charge on any atom is 0.265 e. The number of piperidine rings is 1. The fourth-order valence-corrected chi connectivity index (χ4v) is 4.69. The molecule has 0 radical (unpaired) electrons. The van der Waals surface area contributed by atoms with Crippen LogP contribution in [0.2, 0.25) is 0 Å². The molecule has 128 valence electrons. The summed E-state index contributed by atoms with van der Waals surface area (Å²) in [6.45, 7) is 3.16. The predicted molar refractivity (Wildman–Crippen MR) is 97.5 cm³/mol. The van der Waals surface area contributed by atoms with Gasteiger partial charge in [-0.25, -0.2) is 4.98 Å². The first-order valence-corrected chi connectivity index (χ1v) is 9.73. The fraction of sp³-hybridized carbons (Fsp3) is 0.471. The third kappa shape index (κ3) is 3.37. The van der Waals surface area contributed by atoms with Gasteiger partial charge in [-0.2, -0.15) is 11.3 Å². The highest BCUT2D eigenvalue weighted by Gasteiger charge is 2.30. The van der Waals surface area contributed by atoms with E-state index in [2.05, 4.69) is 4.98 Å². The van der Waals surface area contributed by atoms with Crippen molar-refractivity contribution in [1.82, 2.24) is 14.8 Å². The molecule has 1 aliphatic rings. The van der Waals surface area contributed by atoms with Crippen LogP contribution in [0, 0.1) is 12.8 Å². The average Bonchev–Trinajstić information content (AvgIpc) is 3.23. The molecule has 2 aromatic heterocycles. The van der Waals surface area contributed by atoms with Crippen LogP contribution in [0.25, 0.3) is 10.6 Å². The summed E-state index contributed by atoms with van der Waals surface area (Å²) in [6, 6.07) is 2.02. The van der Waals surface area contributed by atoms with Crippen molar-refractivity contribution in [3.05, 3.63) is 27.4 Å². The lowest BCUT2D eigenvalue weighted by atomic mass is 9.95. The molecule has 0 unspecified atom stereocenters. The lowest BCUT2D eigenvalue weighted by Gasteiger charge is -2.32. The number of aryl methyl sites for hydroxylation is 1. The van der Waals surface area contributed by atoms with Crippen molar-refractivity contribution < 1.29 is 9.59 Å². The number of aromatic nitrogens is 1. The van der Waals surface area contributed by atoms with E-state index >= 15 is 0 Å². The molecule has 3 rings (SSSR count). The summed E-state index contributed by atoms with van der Waals surface area (Å²) in [5, 5.41) is 4.96. The molecule has 7 heteroatoms. The van der Waals surface area contributed by atoms with Gasteiger partial charge in [-0.1, -0.05) is 0 Å². The summed E-state index contributed by atoms with van der Waals surface area (Å²) in [4.78, 5) is 33.6. The Labute approximate surface area is 149 Å². The number of hydrogen-bond donors (Lipinski definition) is 0. The van der Waals surface area contributed by atoms with Crippen LogP contribution in [0.1, 0.15) is 28.2 Å². The quantitative estimate of drug-likeness (QED) is 0.842. The van der Waals surface area contributed by atoms with E-state index < -0.39 is 0 Å². The maximum absolute atomic E-state index is 12.8. The molecule has 0 aliphatic carbocycles. The minimum absolute atomic E-state index is 0.0352. The first kappa shape index (κ1) is 17.1. The van der Waals surface area contributed by atoms with Crippen molar-refractivity contribution >= 4 is 34.5 Å². The van der Waals surface area contributed by atoms with Gasteiger partial charge in [-0.15, -0.1) is 11.3 Å². The van der Waals surface area contributed by atoms with E-state index in [9.17, 15) is 9.59 Å². The molecule has 5 nitrogen and oxygen atoms in total. The smallest absolute Gasteiger partial charge is 0.265 e. The van der Waals surface area contributed by atoms with Gasteiger partial charge in [0.25, 0.3) is 5.91 Å². The standard InChI is InChI=1S/C17H21N3O2S2/c1-11-14(24-15(18-11)13-6-9-23-10-13)17(22)20-7-4-12(5-8-20)16(21)19(2)3/h6,9-10,12H,4-5,7-8H2,1-3H3. The predicted octanol–water partition coefficient (Wildman–Crippen LogP) is 3.12. The Morgan fingerprint density at radius 3 is 2.58 bits per heavy atom. The molecule has 0 spiro atoms. The Bertz CT molecular complexity index is 729. The molecule has 0 aromatic carbocycles. The van der Waals surface area contributed by atoms with Gasteiger partial charge in [0.2, 0.25) is 5.91 Å². The van der Waals surface area contributed by atoms with Crippen molar-refractivity contribution in [2.75, 3.05) is 27.2 Å². The van der Waals surface area contributed by atoms with Crippen LogP contribution in [-0.2, 0) is 4.79 Å². The first-order valence-electron chi connectivity index (χ1n) is 7.98. The highest BCUT2D eigenvalue weighted by Crippen LogP contribution is 2.31. The molecule has 0 atom stereocenters. The minimum atomic E-state index is 0.0352. The van der Waals surface area contributed by atoms with E-state index in [1.807, 2.05) is 28.7 Å². The summed E-state index contributed by atoms with van der Waals surface area (Å²) >= 11 is 3.09. The number of rotatable bonds is 3. The highest BCUT2D eigenvalue weighted by molar-refractivity contribution is 7.17. The summed E-state index contributed by atoms with van der Waals surface area (Å²) in [5.74, 6) is 0.242. The SMILES string of the molecule is Cc1nc(-c2ccsc2)sc1C(=O)N1CCC(C(=O)N(C)C)CC1. The Hall–Kier alpha value is -1.73. The number of amides is 2. The minimum Gasteiger partial charge on any atom is -0.349 e. The van der Waals surface area contributed by atoms with Gasteiger partial charge < -0.3 is 9.80 Å². The van der Waals surface area contributed by atoms with Crippen LogP contribution in [0.5, 0.6) is 0 Å². The second-order valence-corrected chi connectivity index (χ2v) is 8.02. The number of hydrogen-bond acceptors (Lipinski definition) is 5. The summed E-state index contributed by atoms with van der Waals surface area (Å²) in [6.07, 6.45) is 1.47. The summed E-state index contributed by atoms with van der Waals surface area (Å²) < 4.78 is 0. The van der Waals surface area contributed by atoms with Crippen LogP contribution < -0.4 is 0 Å². The van der Waals surface area contributed by atoms with Gasteiger partial charge in [0.05, 0.1) is 5.69 Å². The topological polar surface area (TPSA) is 53.5 Å². The second kappa shape index (κ2) is 7.03. The second-order valence-electron chi connectivity index (χ2n) is 6.24. The molecule has 0 bridgehead atoms. The van der Waals surface area contributed by atoms with Crippen LogP contribution in [0.4, 0.5) is 0 Å². The number of thiazole rings is 1. The zero-order valence-electron chi connectivity index (χ0n) is 14.1. The Morgan fingerprint density at radius 2 is 2.00 bits per heavy atom. The number of carbonyl (C=O) groups excluding carboxylic acids is 2. The van der Waals surface area contributed by atoms with E-state index in [1.54, 1.807) is 30.3 Å². The summed E-state index contributed by atoms with van der Waals surface area (Å²) in [7, 11) is 3.57. The third-order valence-electron chi connectivity index (χ3n) is 4.33. The zero-order chi connectivity index (χ0) is 17.3. The lowest BCUT2D eigenvalue weighted by Crippen LogP contribution is -2.42. The van der Waals surface area contributed by atoms with Crippen LogP contribution >= 0.6 is 22.7 Å². The normalized spacial score (nSPS) is 15.5. The van der Waals surface area contributed by atoms with Gasteiger partial charge in [-0.05, 0) is 31.2 Å². The monoisotopic (exact) mass is 363 g/mol. The van der Waals surface area contributed by atoms with E-state index in [-0.39, 0.29) is 17.7 Å². The van der Waals surface area contributed by atoms with Gasteiger partial charge in [-0.3, -0.25) is 9.59 Å². The largest absolute Gasteiger partial charge is 0.349 e. The van der Waals surface area contributed by atoms with Crippen LogP contribution in [-0.4, -0.2) is 53.8 Å². The summed E-state index contributed by atoms with van der Waals surface area (Å²) in [5.41, 5.74) is 1.86. The molecule has 1 fully saturated rings. The maximum atomic E-state index is 12.8. The van der Waals surface area contributed by atoms with Crippen molar-refractivity contribution in [2.24, 2.45) is 5.92 Å². The Kier molecular flexibility index (Phi) is 5.01. The van der Waals surface area contributed by atoms with Crippen LogP contribution in [0.3, 0.4) is 0 Å². The van der Waals surface area contributed by atoms with Crippen molar-refractivity contribution in [1.29, 1.82) is 0 Å². The zero-order valence-corrected chi connectivity index (χ0v) is 15.7. The molecule has 0 saturated carbocycles. The van der Waals surface area contributed by atoms with Crippen molar-refractivity contribution in [2.45, 2.75) is 19.8 Å². The third-order valence-corrected chi connectivity index (χ3v) is 6.21. The van der Waals surface area contributed by atoms with Gasteiger partial charge in [0, 0.05) is 44.0 Å². The van der Waals surface area contributed by atoms with Crippen molar-refractivity contribution in [3.63, 3.8) is 0 Å². The lowest BCUT2D eigenvalue weighted by molar-refractivity contribution is -0.134. The van der Waals surface area contributed by atoms with Gasteiger partial charge in [0.1, 0.15) is 9.88 Å².